The van der Waals surface area contributed by atoms with Gasteiger partial charge >= 0.3 is 0 Å². The molecule has 0 spiro atoms. The number of carbonyl (C=O) groups is 1. The van der Waals surface area contributed by atoms with Crippen molar-refractivity contribution in [1.82, 2.24) is 20.6 Å². The highest BCUT2D eigenvalue weighted by molar-refractivity contribution is 6.31. The number of nitrogens with one attached hydrogen (secondary N) is 2. The Morgan fingerprint density at radius 1 is 1.05 bits per heavy atom. The van der Waals surface area contributed by atoms with Gasteiger partial charge in [-0.25, -0.2) is 9.97 Å². The zero-order chi connectivity index (χ0) is 14.3. The topological polar surface area (TPSA) is 145 Å². The van der Waals surface area contributed by atoms with Gasteiger partial charge < -0.3 is 27.8 Å². The fourth-order valence-corrected chi connectivity index (χ4v) is 1.44. The molecule has 1 aromatic heterocycles. The van der Waals surface area contributed by atoms with Crippen LogP contribution in [0.25, 0.3) is 0 Å². The highest BCUT2D eigenvalue weighted by atomic mass is 35.5. The number of halogens is 4. The summed E-state index contributed by atoms with van der Waals surface area (Å²) in [5, 5.41) is 5.73. The summed E-state index contributed by atoms with van der Waals surface area (Å²) in [5.74, 6) is -0.484. The zero-order valence-electron chi connectivity index (χ0n) is 11.7. The maximum absolute atomic E-state index is 11.8. The standard InChI is InChI=1S/C10H18ClN7O.3ClH/c11-7-9(14)18-8(13)6(17-7)10(19)16-5-4-15-3-1-2-12;;;/h15H,1-5,12H2,(H,16,19)(H4,13,14,18);3*1H. The van der Waals surface area contributed by atoms with Crippen LogP contribution in [0.4, 0.5) is 11.6 Å². The van der Waals surface area contributed by atoms with Crippen molar-refractivity contribution >= 4 is 66.4 Å². The Bertz CT molecular complexity index is 450. The number of nitrogens with two attached hydrogens (primary N) is 3. The molecule has 0 atom stereocenters. The molecule has 1 amide bonds. The van der Waals surface area contributed by atoms with E-state index < -0.39 is 5.91 Å². The molecule has 0 aliphatic rings. The normalized spacial score (nSPS) is 9.00. The van der Waals surface area contributed by atoms with Crippen molar-refractivity contribution in [1.29, 1.82) is 0 Å². The van der Waals surface area contributed by atoms with Gasteiger partial charge in [-0.2, -0.15) is 0 Å². The molecule has 0 radical (unpaired) electrons. The monoisotopic (exact) mass is 395 g/mol. The number of nitrogens with zero attached hydrogens (tertiary/aromatic N) is 2. The molecular formula is C10H21Cl4N7O. The van der Waals surface area contributed by atoms with E-state index in [1.165, 1.54) is 0 Å². The SMILES string of the molecule is Cl.Cl.Cl.NCCCNCCNC(=O)c1nc(Cl)c(N)nc1N. The highest BCUT2D eigenvalue weighted by Gasteiger charge is 2.15. The number of hydrogen-bond acceptors (Lipinski definition) is 7. The van der Waals surface area contributed by atoms with Crippen LogP contribution in [0.15, 0.2) is 0 Å². The first-order chi connectivity index (χ1) is 9.06. The molecule has 8 nitrogen and oxygen atoms in total. The van der Waals surface area contributed by atoms with Crippen molar-refractivity contribution in [2.24, 2.45) is 5.73 Å². The van der Waals surface area contributed by atoms with Crippen LogP contribution in [0.5, 0.6) is 0 Å². The van der Waals surface area contributed by atoms with Crippen molar-refractivity contribution in [2.45, 2.75) is 6.42 Å². The molecule has 0 bridgehead atoms. The molecular weight excluding hydrogens is 376 g/mol. The summed E-state index contributed by atoms with van der Waals surface area (Å²) in [6, 6.07) is 0. The van der Waals surface area contributed by atoms with Gasteiger partial charge in [0.25, 0.3) is 5.91 Å². The van der Waals surface area contributed by atoms with Crippen molar-refractivity contribution in [2.75, 3.05) is 37.6 Å². The predicted molar refractivity (Wildman–Crippen MR) is 96.5 cm³/mol. The van der Waals surface area contributed by atoms with Gasteiger partial charge in [-0.15, -0.1) is 37.2 Å². The number of carbonyl (C=O) groups excluding carboxylic acids is 1. The lowest BCUT2D eigenvalue weighted by Crippen LogP contribution is -2.33. The number of nitrogen functional groups attached to an aromatic ring is 2. The summed E-state index contributed by atoms with van der Waals surface area (Å²) < 4.78 is 0. The number of hydrogen-bond donors (Lipinski definition) is 5. The Morgan fingerprint density at radius 2 is 1.68 bits per heavy atom. The predicted octanol–water partition coefficient (Wildman–Crippen LogP) is 0.228. The lowest BCUT2D eigenvalue weighted by molar-refractivity contribution is 0.0949. The van der Waals surface area contributed by atoms with E-state index in [0.29, 0.717) is 19.6 Å². The van der Waals surface area contributed by atoms with Gasteiger partial charge in [-0.05, 0) is 19.5 Å². The molecule has 0 aromatic carbocycles. The molecule has 22 heavy (non-hydrogen) atoms. The highest BCUT2D eigenvalue weighted by Crippen LogP contribution is 2.16. The summed E-state index contributed by atoms with van der Waals surface area (Å²) >= 11 is 5.69. The van der Waals surface area contributed by atoms with Crippen LogP contribution in [-0.4, -0.2) is 42.1 Å². The van der Waals surface area contributed by atoms with Gasteiger partial charge in [0, 0.05) is 13.1 Å². The molecule has 1 heterocycles. The molecule has 130 valence electrons. The Hall–Kier alpha value is -0.770. The van der Waals surface area contributed by atoms with E-state index >= 15 is 0 Å². The molecule has 0 saturated carbocycles. The third kappa shape index (κ3) is 8.62. The van der Waals surface area contributed by atoms with Crippen LogP contribution < -0.4 is 27.8 Å². The van der Waals surface area contributed by atoms with Gasteiger partial charge in [-0.3, -0.25) is 4.79 Å². The van der Waals surface area contributed by atoms with Gasteiger partial charge in [0.1, 0.15) is 0 Å². The van der Waals surface area contributed by atoms with E-state index in [4.69, 9.17) is 28.8 Å². The van der Waals surface area contributed by atoms with Crippen LogP contribution in [0.1, 0.15) is 16.9 Å². The second-order valence-corrected chi connectivity index (χ2v) is 4.14. The number of anilines is 2. The van der Waals surface area contributed by atoms with Crippen LogP contribution in [0.2, 0.25) is 5.15 Å². The Labute approximate surface area is 152 Å². The molecule has 0 saturated heterocycles. The van der Waals surface area contributed by atoms with E-state index in [1.807, 2.05) is 0 Å². The first-order valence-electron chi connectivity index (χ1n) is 5.83. The average Bonchev–Trinajstić information content (AvgIpc) is 2.37. The smallest absolute Gasteiger partial charge is 0.273 e. The molecule has 12 heteroatoms. The molecule has 0 unspecified atom stereocenters. The summed E-state index contributed by atoms with van der Waals surface area (Å²) in [6.45, 7) is 2.51. The average molecular weight is 397 g/mol. The summed E-state index contributed by atoms with van der Waals surface area (Å²) in [7, 11) is 0. The van der Waals surface area contributed by atoms with Gasteiger partial charge in [-0.1, -0.05) is 11.6 Å². The van der Waals surface area contributed by atoms with Crippen molar-refractivity contribution < 1.29 is 4.79 Å². The first kappa shape index (κ1) is 26.1. The Kier molecular flexibility index (Phi) is 16.5. The van der Waals surface area contributed by atoms with Crippen molar-refractivity contribution in [3.05, 3.63) is 10.8 Å². The Morgan fingerprint density at radius 3 is 2.27 bits per heavy atom. The molecule has 1 rings (SSSR count). The van der Waals surface area contributed by atoms with E-state index in [0.717, 1.165) is 13.0 Å². The maximum atomic E-state index is 11.8. The summed E-state index contributed by atoms with van der Waals surface area (Å²) in [4.78, 5) is 19.3. The minimum absolute atomic E-state index is 0. The number of rotatable bonds is 7. The second kappa shape index (κ2) is 13.9. The minimum atomic E-state index is -0.437. The fraction of sp³-hybridized carbons (Fsp3) is 0.500. The van der Waals surface area contributed by atoms with Gasteiger partial charge in [0.05, 0.1) is 0 Å². The third-order valence-electron chi connectivity index (χ3n) is 2.26. The zero-order valence-corrected chi connectivity index (χ0v) is 14.9. The molecule has 0 fully saturated rings. The van der Waals surface area contributed by atoms with Crippen LogP contribution in [0, 0.1) is 0 Å². The van der Waals surface area contributed by atoms with Crippen LogP contribution in [0.3, 0.4) is 0 Å². The third-order valence-corrected chi connectivity index (χ3v) is 2.54. The minimum Gasteiger partial charge on any atom is -0.382 e. The fourth-order valence-electron chi connectivity index (χ4n) is 1.31. The van der Waals surface area contributed by atoms with E-state index in [9.17, 15) is 4.79 Å². The van der Waals surface area contributed by atoms with Gasteiger partial charge in [0.15, 0.2) is 22.5 Å². The summed E-state index contributed by atoms with van der Waals surface area (Å²) in [5.41, 5.74) is 16.3. The lowest BCUT2D eigenvalue weighted by atomic mass is 10.3. The van der Waals surface area contributed by atoms with Gasteiger partial charge in [0.2, 0.25) is 0 Å². The number of amides is 1. The molecule has 8 N–H and O–H groups in total. The lowest BCUT2D eigenvalue weighted by Gasteiger charge is -2.08. The molecule has 0 aliphatic carbocycles. The van der Waals surface area contributed by atoms with E-state index in [-0.39, 0.29) is 59.7 Å². The second-order valence-electron chi connectivity index (χ2n) is 3.78. The maximum Gasteiger partial charge on any atom is 0.273 e. The van der Waals surface area contributed by atoms with E-state index in [1.54, 1.807) is 0 Å². The largest absolute Gasteiger partial charge is 0.382 e. The van der Waals surface area contributed by atoms with Crippen molar-refractivity contribution in [3.63, 3.8) is 0 Å². The quantitative estimate of drug-likeness (QED) is 0.414. The van der Waals surface area contributed by atoms with Crippen LogP contribution >= 0.6 is 48.8 Å². The summed E-state index contributed by atoms with van der Waals surface area (Å²) in [6.07, 6.45) is 0.889. The molecule has 0 aliphatic heterocycles. The van der Waals surface area contributed by atoms with Crippen molar-refractivity contribution in [3.8, 4) is 0 Å². The Balaban J connectivity index is -0.00000120. The molecule has 1 aromatic rings. The van der Waals surface area contributed by atoms with E-state index in [2.05, 4.69) is 20.6 Å². The van der Waals surface area contributed by atoms with Crippen LogP contribution in [-0.2, 0) is 0 Å². The number of aromatic nitrogens is 2. The first-order valence-corrected chi connectivity index (χ1v) is 6.21.